The van der Waals surface area contributed by atoms with Crippen LogP contribution in [0.1, 0.15) is 113 Å². The highest BCUT2D eigenvalue weighted by Gasteiger charge is 2.90. The summed E-state index contributed by atoms with van der Waals surface area (Å²) in [5, 5.41) is 11.3. The number of carbonyl (C=O) groups is 1. The second-order valence-electron chi connectivity index (χ2n) is 15.3. The Hall–Kier alpha value is -0.410. The molecule has 186 valence electrons. The number of epoxide rings is 1. The molecule has 1 spiro atoms. The summed E-state index contributed by atoms with van der Waals surface area (Å²) in [6.07, 6.45) is 9.79. The maximum atomic E-state index is 12.9. The van der Waals surface area contributed by atoms with Gasteiger partial charge in [0.2, 0.25) is 0 Å². The molecule has 1 heterocycles. The summed E-state index contributed by atoms with van der Waals surface area (Å²) in [4.78, 5) is 12.9. The van der Waals surface area contributed by atoms with Crippen LogP contribution in [-0.2, 0) is 9.53 Å². The van der Waals surface area contributed by atoms with Crippen molar-refractivity contribution in [3.8, 4) is 0 Å². The van der Waals surface area contributed by atoms with Crippen molar-refractivity contribution in [2.45, 2.75) is 130 Å². The van der Waals surface area contributed by atoms with Gasteiger partial charge in [-0.05, 0) is 91.3 Å². The second kappa shape index (κ2) is 6.10. The average molecular weight is 457 g/mol. The van der Waals surface area contributed by atoms with Crippen LogP contribution in [0.2, 0.25) is 0 Å². The molecule has 3 nitrogen and oxygen atoms in total. The molecule has 0 radical (unpaired) electrons. The van der Waals surface area contributed by atoms with Crippen molar-refractivity contribution < 1.29 is 14.6 Å². The molecular weight excluding hydrogens is 408 g/mol. The molecule has 0 amide bonds. The Balaban J connectivity index is 1.44. The Morgan fingerprint density at radius 2 is 1.48 bits per heavy atom. The Kier molecular flexibility index (Phi) is 4.26. The van der Waals surface area contributed by atoms with E-state index in [1.165, 1.54) is 38.5 Å². The van der Waals surface area contributed by atoms with E-state index in [2.05, 4.69) is 55.4 Å². The largest absolute Gasteiger partial charge is 0.390 e. The van der Waals surface area contributed by atoms with E-state index in [1.54, 1.807) is 0 Å². The van der Waals surface area contributed by atoms with Gasteiger partial charge >= 0.3 is 0 Å². The van der Waals surface area contributed by atoms with Gasteiger partial charge < -0.3 is 9.84 Å². The van der Waals surface area contributed by atoms with Gasteiger partial charge in [0, 0.05) is 17.3 Å². The first-order valence-corrected chi connectivity index (χ1v) is 14.1. The predicted molar refractivity (Wildman–Crippen MR) is 131 cm³/mol. The van der Waals surface area contributed by atoms with E-state index >= 15 is 0 Å². The molecule has 6 fully saturated rings. The molecule has 0 aromatic carbocycles. The van der Waals surface area contributed by atoms with Crippen molar-refractivity contribution in [3.05, 3.63) is 0 Å². The first kappa shape index (κ1) is 23.0. The number of carbonyl (C=O) groups excluding carboxylic acids is 1. The summed E-state index contributed by atoms with van der Waals surface area (Å²) in [7, 11) is 0. The van der Waals surface area contributed by atoms with Crippen LogP contribution in [0, 0.1) is 50.7 Å². The standard InChI is InChI=1S/C30H48O3/c1-18(2)29-23(32)17-25(5)15-16-28(8)21(30(25,29)33-29)10-9-20-26(6)13-12-22(31)24(3,4)19(26)11-14-27(20,28)7/h18-21,23,32H,9-17H2,1-8H3/t19-,20+,21-,23-,25-,26-,27+,28+,29+,30-/m0/s1. The number of fused-ring (bicyclic) bond motifs is 5. The minimum Gasteiger partial charge on any atom is -0.390 e. The third kappa shape index (κ3) is 2.14. The van der Waals surface area contributed by atoms with Crippen LogP contribution >= 0.6 is 0 Å². The van der Waals surface area contributed by atoms with E-state index in [1.807, 2.05) is 0 Å². The molecular formula is C30H48O3. The average Bonchev–Trinajstić information content (AvgIpc) is 3.38. The van der Waals surface area contributed by atoms with Crippen molar-refractivity contribution >= 4 is 5.78 Å². The Morgan fingerprint density at radius 3 is 2.12 bits per heavy atom. The summed E-state index contributed by atoms with van der Waals surface area (Å²) in [6, 6.07) is 0. The Labute approximate surface area is 201 Å². The van der Waals surface area contributed by atoms with Crippen molar-refractivity contribution in [1.29, 1.82) is 0 Å². The maximum absolute atomic E-state index is 12.9. The van der Waals surface area contributed by atoms with Gasteiger partial charge in [-0.25, -0.2) is 0 Å². The van der Waals surface area contributed by atoms with Gasteiger partial charge in [-0.15, -0.1) is 0 Å². The van der Waals surface area contributed by atoms with Crippen molar-refractivity contribution in [3.63, 3.8) is 0 Å². The van der Waals surface area contributed by atoms with Crippen LogP contribution in [-0.4, -0.2) is 28.2 Å². The summed E-state index contributed by atoms with van der Waals surface area (Å²) < 4.78 is 6.95. The lowest BCUT2D eigenvalue weighted by Gasteiger charge is -2.72. The van der Waals surface area contributed by atoms with Gasteiger partial charge in [-0.1, -0.05) is 55.4 Å². The SMILES string of the molecule is CC(C)[C@]12O[C@]13[C@H]1CC[C@@H]4[C@@]5(C)CCC(=O)C(C)(C)[C@@H]5CC[C@@]4(C)[C@]1(C)CC[C@@]3(C)C[C@@H]2O. The molecule has 0 unspecified atom stereocenters. The van der Waals surface area contributed by atoms with Crippen molar-refractivity contribution in [1.82, 2.24) is 0 Å². The first-order chi connectivity index (χ1) is 15.2. The fourth-order valence-corrected chi connectivity index (χ4v) is 12.2. The normalized spacial score (nSPS) is 61.0. The maximum Gasteiger partial charge on any atom is 0.138 e. The highest BCUT2D eigenvalue weighted by atomic mass is 16.7. The topological polar surface area (TPSA) is 49.8 Å². The molecule has 0 aromatic rings. The number of rotatable bonds is 1. The number of hydrogen-bond donors (Lipinski definition) is 1. The van der Waals surface area contributed by atoms with E-state index in [4.69, 9.17) is 4.74 Å². The fraction of sp³-hybridized carbons (Fsp3) is 0.967. The molecule has 1 saturated heterocycles. The summed E-state index contributed by atoms with van der Waals surface area (Å²) >= 11 is 0. The van der Waals surface area contributed by atoms with Crippen LogP contribution in [0.5, 0.6) is 0 Å². The van der Waals surface area contributed by atoms with Gasteiger partial charge in [-0.3, -0.25) is 4.79 Å². The summed E-state index contributed by atoms with van der Waals surface area (Å²) in [5.41, 5.74) is 0.200. The molecule has 6 rings (SSSR count). The van der Waals surface area contributed by atoms with Crippen LogP contribution < -0.4 is 0 Å². The molecule has 10 atom stereocenters. The number of Topliss-reactive ketones (excluding diaryl/α,β-unsaturated/α-hetero) is 1. The van der Waals surface area contributed by atoms with Crippen LogP contribution in [0.15, 0.2) is 0 Å². The Morgan fingerprint density at radius 1 is 0.848 bits per heavy atom. The van der Waals surface area contributed by atoms with E-state index in [9.17, 15) is 9.90 Å². The molecule has 1 aliphatic heterocycles. The number of ether oxygens (including phenoxy) is 1. The van der Waals surface area contributed by atoms with Crippen LogP contribution in [0.25, 0.3) is 0 Å². The Bertz CT molecular complexity index is 908. The highest BCUT2D eigenvalue weighted by molar-refractivity contribution is 5.85. The molecule has 0 aromatic heterocycles. The first-order valence-electron chi connectivity index (χ1n) is 14.1. The quantitative estimate of drug-likeness (QED) is 0.455. The van der Waals surface area contributed by atoms with Crippen LogP contribution in [0.3, 0.4) is 0 Å². The van der Waals surface area contributed by atoms with Gasteiger partial charge in [0.25, 0.3) is 0 Å². The number of ketones is 1. The van der Waals surface area contributed by atoms with E-state index in [0.717, 1.165) is 19.3 Å². The zero-order valence-electron chi connectivity index (χ0n) is 22.5. The van der Waals surface area contributed by atoms with E-state index < -0.39 is 0 Å². The fourth-order valence-electron chi connectivity index (χ4n) is 12.2. The highest BCUT2D eigenvalue weighted by Crippen LogP contribution is 2.84. The smallest absolute Gasteiger partial charge is 0.138 e. The lowest BCUT2D eigenvalue weighted by atomic mass is 9.32. The summed E-state index contributed by atoms with van der Waals surface area (Å²) in [5.74, 6) is 2.56. The number of hydrogen-bond acceptors (Lipinski definition) is 3. The second-order valence-corrected chi connectivity index (χ2v) is 15.3. The molecule has 33 heavy (non-hydrogen) atoms. The summed E-state index contributed by atoms with van der Waals surface area (Å²) in [6.45, 7) is 19.3. The lowest BCUT2D eigenvalue weighted by molar-refractivity contribution is -0.236. The molecule has 5 aliphatic carbocycles. The number of aliphatic hydroxyl groups is 1. The minimum absolute atomic E-state index is 0.102. The van der Waals surface area contributed by atoms with Gasteiger partial charge in [0.05, 0.1) is 6.10 Å². The molecule has 6 aliphatic rings. The zero-order chi connectivity index (χ0) is 24.0. The molecule has 0 bridgehead atoms. The molecule has 3 heteroatoms. The molecule has 5 saturated carbocycles. The van der Waals surface area contributed by atoms with Gasteiger partial charge in [0.15, 0.2) is 0 Å². The predicted octanol–water partition coefficient (Wildman–Crippen LogP) is 6.56. The van der Waals surface area contributed by atoms with Crippen molar-refractivity contribution in [2.75, 3.05) is 0 Å². The van der Waals surface area contributed by atoms with E-state index in [0.29, 0.717) is 29.5 Å². The number of aliphatic hydroxyl groups excluding tert-OH is 1. The monoisotopic (exact) mass is 456 g/mol. The third-order valence-electron chi connectivity index (χ3n) is 14.1. The lowest BCUT2D eigenvalue weighted by Crippen LogP contribution is -2.68. The third-order valence-corrected chi connectivity index (χ3v) is 14.1. The zero-order valence-corrected chi connectivity index (χ0v) is 22.5. The minimum atomic E-state index is -0.336. The van der Waals surface area contributed by atoms with Gasteiger partial charge in [-0.2, -0.15) is 0 Å². The molecule has 1 N–H and O–H groups in total. The van der Waals surface area contributed by atoms with E-state index in [-0.39, 0.29) is 44.4 Å². The van der Waals surface area contributed by atoms with Gasteiger partial charge in [0.1, 0.15) is 17.0 Å². The van der Waals surface area contributed by atoms with Crippen molar-refractivity contribution in [2.24, 2.45) is 50.7 Å². The van der Waals surface area contributed by atoms with Crippen LogP contribution in [0.4, 0.5) is 0 Å².